The van der Waals surface area contributed by atoms with Crippen molar-refractivity contribution in [3.05, 3.63) is 52.2 Å². The number of rotatable bonds is 6. The highest BCUT2D eigenvalue weighted by molar-refractivity contribution is 7.89. The SMILES string of the molecule is CC(C)(C)c1ccc(S(=O)(=O)NCCC(=O)N2CCCC2c2cccs2)cc1. The van der Waals surface area contributed by atoms with Gasteiger partial charge in [0.1, 0.15) is 0 Å². The number of amides is 1. The largest absolute Gasteiger partial charge is 0.335 e. The molecule has 1 atom stereocenters. The van der Waals surface area contributed by atoms with Crippen LogP contribution in [0.15, 0.2) is 46.7 Å². The summed E-state index contributed by atoms with van der Waals surface area (Å²) < 4.78 is 27.6. The molecule has 3 rings (SSSR count). The topological polar surface area (TPSA) is 66.5 Å². The molecule has 0 spiro atoms. The van der Waals surface area contributed by atoms with E-state index in [0.717, 1.165) is 24.9 Å². The minimum Gasteiger partial charge on any atom is -0.335 e. The van der Waals surface area contributed by atoms with Gasteiger partial charge in [-0.1, -0.05) is 39.0 Å². The second-order valence-corrected chi connectivity index (χ2v) is 10.9. The number of hydrogen-bond acceptors (Lipinski definition) is 4. The van der Waals surface area contributed by atoms with Crippen LogP contribution in [0.1, 0.15) is 56.5 Å². The molecule has 0 radical (unpaired) electrons. The number of nitrogens with one attached hydrogen (secondary N) is 1. The van der Waals surface area contributed by atoms with E-state index in [2.05, 4.69) is 31.6 Å². The fraction of sp³-hybridized carbons (Fsp3) is 0.476. The number of sulfonamides is 1. The van der Waals surface area contributed by atoms with Crippen molar-refractivity contribution in [3.8, 4) is 0 Å². The Balaban J connectivity index is 1.57. The Morgan fingerprint density at radius 3 is 2.54 bits per heavy atom. The van der Waals surface area contributed by atoms with Crippen LogP contribution in [0.3, 0.4) is 0 Å². The van der Waals surface area contributed by atoms with E-state index < -0.39 is 10.0 Å². The lowest BCUT2D eigenvalue weighted by molar-refractivity contribution is -0.131. The van der Waals surface area contributed by atoms with Crippen molar-refractivity contribution in [1.29, 1.82) is 0 Å². The zero-order valence-electron chi connectivity index (χ0n) is 16.6. The van der Waals surface area contributed by atoms with Gasteiger partial charge in [-0.15, -0.1) is 11.3 Å². The number of carbonyl (C=O) groups is 1. The number of benzene rings is 1. The Hall–Kier alpha value is -1.70. The summed E-state index contributed by atoms with van der Waals surface area (Å²) in [5, 5.41) is 2.02. The van der Waals surface area contributed by atoms with Gasteiger partial charge in [0.15, 0.2) is 0 Å². The summed E-state index contributed by atoms with van der Waals surface area (Å²) in [4.78, 5) is 15.9. The maximum atomic E-state index is 12.6. The van der Waals surface area contributed by atoms with Crippen LogP contribution in [0.25, 0.3) is 0 Å². The molecule has 1 aromatic carbocycles. The molecule has 7 heteroatoms. The normalized spacial score (nSPS) is 17.8. The first kappa shape index (κ1) is 21.0. The van der Waals surface area contributed by atoms with Crippen LogP contribution in [-0.4, -0.2) is 32.3 Å². The van der Waals surface area contributed by atoms with Gasteiger partial charge in [-0.25, -0.2) is 13.1 Å². The molecule has 0 bridgehead atoms. The van der Waals surface area contributed by atoms with E-state index in [1.165, 1.54) is 4.88 Å². The van der Waals surface area contributed by atoms with Crippen LogP contribution in [0.2, 0.25) is 0 Å². The minimum absolute atomic E-state index is 0.00156. The van der Waals surface area contributed by atoms with Crippen molar-refractivity contribution in [3.63, 3.8) is 0 Å². The van der Waals surface area contributed by atoms with Crippen LogP contribution in [-0.2, 0) is 20.2 Å². The Morgan fingerprint density at radius 2 is 1.93 bits per heavy atom. The smallest absolute Gasteiger partial charge is 0.240 e. The van der Waals surface area contributed by atoms with Crippen molar-refractivity contribution in [2.24, 2.45) is 0 Å². The molecular weight excluding hydrogens is 392 g/mol. The molecule has 1 aromatic heterocycles. The number of thiophene rings is 1. The summed E-state index contributed by atoms with van der Waals surface area (Å²) in [5.41, 5.74) is 1.05. The average Bonchev–Trinajstić information content (AvgIpc) is 3.32. The fourth-order valence-electron chi connectivity index (χ4n) is 3.50. The molecule has 1 fully saturated rings. The summed E-state index contributed by atoms with van der Waals surface area (Å²) in [6.45, 7) is 7.10. The first-order valence-electron chi connectivity index (χ1n) is 9.61. The lowest BCUT2D eigenvalue weighted by Crippen LogP contribution is -2.34. The summed E-state index contributed by atoms with van der Waals surface area (Å²) in [5.74, 6) is 0.00156. The molecule has 2 heterocycles. The molecule has 28 heavy (non-hydrogen) atoms. The van der Waals surface area contributed by atoms with E-state index in [4.69, 9.17) is 0 Å². The van der Waals surface area contributed by atoms with E-state index in [1.807, 2.05) is 28.5 Å². The lowest BCUT2D eigenvalue weighted by atomic mass is 9.87. The van der Waals surface area contributed by atoms with Gasteiger partial charge in [0.2, 0.25) is 15.9 Å². The minimum atomic E-state index is -3.62. The Kier molecular flexibility index (Phi) is 6.27. The monoisotopic (exact) mass is 420 g/mol. The zero-order valence-corrected chi connectivity index (χ0v) is 18.3. The predicted octanol–water partition coefficient (Wildman–Crippen LogP) is 4.08. The van der Waals surface area contributed by atoms with Gasteiger partial charge in [-0.2, -0.15) is 0 Å². The van der Waals surface area contributed by atoms with Gasteiger partial charge >= 0.3 is 0 Å². The van der Waals surface area contributed by atoms with Gasteiger partial charge in [0.05, 0.1) is 10.9 Å². The van der Waals surface area contributed by atoms with Crippen LogP contribution in [0.5, 0.6) is 0 Å². The zero-order chi connectivity index (χ0) is 20.4. The number of likely N-dealkylation sites (tertiary alicyclic amines) is 1. The van der Waals surface area contributed by atoms with Crippen molar-refractivity contribution < 1.29 is 13.2 Å². The maximum Gasteiger partial charge on any atom is 0.240 e. The van der Waals surface area contributed by atoms with Crippen LogP contribution >= 0.6 is 11.3 Å². The van der Waals surface area contributed by atoms with Crippen molar-refractivity contribution in [2.75, 3.05) is 13.1 Å². The van der Waals surface area contributed by atoms with Gasteiger partial charge in [0.25, 0.3) is 0 Å². The quantitative estimate of drug-likeness (QED) is 0.766. The van der Waals surface area contributed by atoms with Crippen molar-refractivity contribution in [1.82, 2.24) is 9.62 Å². The summed E-state index contributed by atoms with van der Waals surface area (Å²) in [7, 11) is -3.62. The van der Waals surface area contributed by atoms with Crippen molar-refractivity contribution in [2.45, 2.75) is 56.4 Å². The van der Waals surface area contributed by atoms with Crippen molar-refractivity contribution >= 4 is 27.3 Å². The van der Waals surface area contributed by atoms with Crippen LogP contribution < -0.4 is 4.72 Å². The molecular formula is C21H28N2O3S2. The molecule has 0 saturated carbocycles. The molecule has 5 nitrogen and oxygen atoms in total. The highest BCUT2D eigenvalue weighted by Gasteiger charge is 2.30. The first-order chi connectivity index (χ1) is 13.2. The van der Waals surface area contributed by atoms with E-state index in [1.54, 1.807) is 23.5 Å². The third-order valence-corrected chi connectivity index (χ3v) is 7.56. The molecule has 1 aliphatic rings. The number of hydrogen-bond donors (Lipinski definition) is 1. The third kappa shape index (κ3) is 4.82. The Labute approximate surface area is 171 Å². The molecule has 1 saturated heterocycles. The van der Waals surface area contributed by atoms with E-state index in [-0.39, 0.29) is 35.2 Å². The van der Waals surface area contributed by atoms with E-state index >= 15 is 0 Å². The second-order valence-electron chi connectivity index (χ2n) is 8.18. The predicted molar refractivity (Wildman–Crippen MR) is 113 cm³/mol. The molecule has 1 amide bonds. The van der Waals surface area contributed by atoms with Gasteiger partial charge < -0.3 is 4.90 Å². The molecule has 0 aliphatic carbocycles. The number of nitrogens with zero attached hydrogens (tertiary/aromatic N) is 1. The Bertz CT molecular complexity index is 898. The van der Waals surface area contributed by atoms with Gasteiger partial charge in [0, 0.05) is 24.4 Å². The molecule has 1 N–H and O–H groups in total. The number of carbonyl (C=O) groups excluding carboxylic acids is 1. The first-order valence-corrected chi connectivity index (χ1v) is 12.0. The third-order valence-electron chi connectivity index (χ3n) is 5.11. The van der Waals surface area contributed by atoms with E-state index in [9.17, 15) is 13.2 Å². The summed E-state index contributed by atoms with van der Waals surface area (Å²) in [6.07, 6.45) is 2.12. The van der Waals surface area contributed by atoms with Gasteiger partial charge in [-0.05, 0) is 47.4 Å². The molecule has 2 aromatic rings. The van der Waals surface area contributed by atoms with Crippen LogP contribution in [0.4, 0.5) is 0 Å². The molecule has 1 unspecified atom stereocenters. The highest BCUT2D eigenvalue weighted by Crippen LogP contribution is 2.34. The fourth-order valence-corrected chi connectivity index (χ4v) is 5.40. The van der Waals surface area contributed by atoms with Gasteiger partial charge in [-0.3, -0.25) is 4.79 Å². The summed E-state index contributed by atoms with van der Waals surface area (Å²) in [6, 6.07) is 11.1. The maximum absolute atomic E-state index is 12.6. The molecule has 1 aliphatic heterocycles. The van der Waals surface area contributed by atoms with E-state index in [0.29, 0.717) is 0 Å². The molecule has 152 valence electrons. The average molecular weight is 421 g/mol. The Morgan fingerprint density at radius 1 is 1.21 bits per heavy atom. The van der Waals surface area contributed by atoms with Crippen LogP contribution in [0, 0.1) is 0 Å². The lowest BCUT2D eigenvalue weighted by Gasteiger charge is -2.24. The summed E-state index contributed by atoms with van der Waals surface area (Å²) >= 11 is 1.66. The second kappa shape index (κ2) is 8.35. The highest BCUT2D eigenvalue weighted by atomic mass is 32.2. The standard InChI is InChI=1S/C21H28N2O3S2/c1-21(2,3)16-8-10-17(11-9-16)28(25,26)22-13-12-20(24)23-14-4-6-18(23)19-7-5-15-27-19/h5,7-11,15,18,22H,4,6,12-14H2,1-3H3.